The fraction of sp³-hybridized carbons (Fsp3) is 0.231. The van der Waals surface area contributed by atoms with E-state index in [2.05, 4.69) is 4.98 Å². The molecule has 2 aromatic rings. The minimum Gasteiger partial charge on any atom is -0.489 e. The molecule has 0 atom stereocenters. The summed E-state index contributed by atoms with van der Waals surface area (Å²) < 4.78 is 5.55. The van der Waals surface area contributed by atoms with Gasteiger partial charge in [-0.1, -0.05) is 18.2 Å². The number of aromatic nitrogens is 1. The van der Waals surface area contributed by atoms with Crippen LogP contribution in [0, 0.1) is 0 Å². The van der Waals surface area contributed by atoms with Gasteiger partial charge in [0.05, 0.1) is 11.6 Å². The molecule has 0 bridgehead atoms. The van der Waals surface area contributed by atoms with E-state index in [0.717, 1.165) is 17.2 Å². The second kappa shape index (κ2) is 4.31. The van der Waals surface area contributed by atoms with E-state index in [0.29, 0.717) is 11.4 Å². The Balaban J connectivity index is 2.58. The Morgan fingerprint density at radius 2 is 2.06 bits per heavy atom. The lowest BCUT2D eigenvalue weighted by Crippen LogP contribution is -2.08. The Bertz CT molecular complexity index is 520. The zero-order chi connectivity index (χ0) is 11.5. The van der Waals surface area contributed by atoms with Crippen LogP contribution in [-0.2, 0) is 0 Å². The van der Waals surface area contributed by atoms with Crippen LogP contribution in [0.25, 0.3) is 10.9 Å². The van der Waals surface area contributed by atoms with Crippen molar-refractivity contribution in [1.29, 1.82) is 0 Å². The highest BCUT2D eigenvalue weighted by molar-refractivity contribution is 5.86. The van der Waals surface area contributed by atoms with Gasteiger partial charge in [-0.25, -0.2) is 4.98 Å². The predicted octanol–water partition coefficient (Wildman–Crippen LogP) is 2.83. The third-order valence-corrected chi connectivity index (χ3v) is 2.19. The zero-order valence-electron chi connectivity index (χ0n) is 9.31. The van der Waals surface area contributed by atoms with Crippen molar-refractivity contribution in [2.45, 2.75) is 20.0 Å². The summed E-state index contributed by atoms with van der Waals surface area (Å²) >= 11 is 0. The summed E-state index contributed by atoms with van der Waals surface area (Å²) in [4.78, 5) is 15.2. The highest BCUT2D eigenvalue weighted by Gasteiger charge is 2.08. The topological polar surface area (TPSA) is 39.2 Å². The number of hydrogen-bond acceptors (Lipinski definition) is 3. The van der Waals surface area contributed by atoms with Gasteiger partial charge in [0.2, 0.25) is 0 Å². The van der Waals surface area contributed by atoms with Gasteiger partial charge in [-0.05, 0) is 26.0 Å². The number of benzene rings is 1. The first-order valence-corrected chi connectivity index (χ1v) is 5.22. The van der Waals surface area contributed by atoms with Gasteiger partial charge in [0.1, 0.15) is 11.4 Å². The fourth-order valence-electron chi connectivity index (χ4n) is 1.54. The van der Waals surface area contributed by atoms with Crippen LogP contribution in [-0.4, -0.2) is 17.4 Å². The summed E-state index contributed by atoms with van der Waals surface area (Å²) in [5.74, 6) is 0.545. The number of ether oxygens (including phenoxy) is 1. The average molecular weight is 215 g/mol. The Morgan fingerprint density at radius 3 is 2.75 bits per heavy atom. The maximum absolute atomic E-state index is 10.9. The molecular weight excluding hydrogens is 202 g/mol. The number of pyridine rings is 1. The van der Waals surface area contributed by atoms with Crippen LogP contribution in [0.3, 0.4) is 0 Å². The number of fused-ring (bicyclic) bond motifs is 1. The van der Waals surface area contributed by atoms with Crippen molar-refractivity contribution in [3.63, 3.8) is 0 Å². The maximum atomic E-state index is 10.9. The number of para-hydroxylation sites is 1. The predicted molar refractivity (Wildman–Crippen MR) is 62.9 cm³/mol. The van der Waals surface area contributed by atoms with Crippen LogP contribution in [0.2, 0.25) is 0 Å². The molecular formula is C13H13NO2. The Morgan fingerprint density at radius 1 is 1.31 bits per heavy atom. The normalized spacial score (nSPS) is 10.7. The standard InChI is InChI=1S/C13H13NO2/c1-9(2)16-13-7-10-5-3-4-6-11(10)14-12(13)8-15/h3-9H,1-2H3. The first-order valence-electron chi connectivity index (χ1n) is 5.22. The Labute approximate surface area is 94.1 Å². The van der Waals surface area contributed by atoms with E-state index >= 15 is 0 Å². The molecule has 16 heavy (non-hydrogen) atoms. The monoisotopic (exact) mass is 215 g/mol. The molecule has 0 spiro atoms. The lowest BCUT2D eigenvalue weighted by atomic mass is 10.2. The van der Waals surface area contributed by atoms with E-state index in [9.17, 15) is 4.79 Å². The SMILES string of the molecule is CC(C)Oc1cc2ccccc2nc1C=O. The minimum atomic E-state index is 0.0293. The minimum absolute atomic E-state index is 0.0293. The molecule has 1 aromatic carbocycles. The lowest BCUT2D eigenvalue weighted by molar-refractivity contribution is 0.111. The molecule has 3 heteroatoms. The van der Waals surface area contributed by atoms with Gasteiger partial charge in [0, 0.05) is 5.39 Å². The molecule has 3 nitrogen and oxygen atoms in total. The highest BCUT2D eigenvalue weighted by atomic mass is 16.5. The van der Waals surface area contributed by atoms with Crippen molar-refractivity contribution in [2.75, 3.05) is 0 Å². The van der Waals surface area contributed by atoms with Gasteiger partial charge in [-0.15, -0.1) is 0 Å². The van der Waals surface area contributed by atoms with Gasteiger partial charge in [-0.3, -0.25) is 4.79 Å². The molecule has 0 N–H and O–H groups in total. The van der Waals surface area contributed by atoms with Crippen LogP contribution in [0.15, 0.2) is 30.3 Å². The van der Waals surface area contributed by atoms with Crippen molar-refractivity contribution in [3.8, 4) is 5.75 Å². The molecule has 1 aromatic heterocycles. The Kier molecular flexibility index (Phi) is 2.86. The largest absolute Gasteiger partial charge is 0.489 e. The van der Waals surface area contributed by atoms with E-state index in [-0.39, 0.29) is 6.10 Å². The molecule has 0 aliphatic carbocycles. The maximum Gasteiger partial charge on any atom is 0.172 e. The second-order valence-electron chi connectivity index (χ2n) is 3.85. The summed E-state index contributed by atoms with van der Waals surface area (Å²) in [6.07, 6.45) is 0.756. The number of rotatable bonds is 3. The van der Waals surface area contributed by atoms with Crippen molar-refractivity contribution in [3.05, 3.63) is 36.0 Å². The smallest absolute Gasteiger partial charge is 0.172 e. The van der Waals surface area contributed by atoms with E-state index < -0.39 is 0 Å². The summed E-state index contributed by atoms with van der Waals surface area (Å²) in [5.41, 5.74) is 1.16. The third kappa shape index (κ3) is 2.03. The van der Waals surface area contributed by atoms with Gasteiger partial charge >= 0.3 is 0 Å². The molecule has 0 amide bonds. The van der Waals surface area contributed by atoms with E-state index in [4.69, 9.17) is 4.74 Å². The molecule has 82 valence electrons. The van der Waals surface area contributed by atoms with Crippen LogP contribution in [0.4, 0.5) is 0 Å². The van der Waals surface area contributed by atoms with Gasteiger partial charge in [0.25, 0.3) is 0 Å². The molecule has 0 saturated carbocycles. The van der Waals surface area contributed by atoms with Crippen molar-refractivity contribution >= 4 is 17.2 Å². The highest BCUT2D eigenvalue weighted by Crippen LogP contribution is 2.22. The van der Waals surface area contributed by atoms with Crippen LogP contribution in [0.5, 0.6) is 5.75 Å². The first kappa shape index (κ1) is 10.6. The summed E-state index contributed by atoms with van der Waals surface area (Å²) in [7, 11) is 0. The van der Waals surface area contributed by atoms with Gasteiger partial charge < -0.3 is 4.74 Å². The molecule has 0 radical (unpaired) electrons. The van der Waals surface area contributed by atoms with Crippen molar-refractivity contribution in [1.82, 2.24) is 4.98 Å². The third-order valence-electron chi connectivity index (χ3n) is 2.19. The van der Waals surface area contributed by atoms with E-state index in [1.807, 2.05) is 44.2 Å². The van der Waals surface area contributed by atoms with Gasteiger partial charge in [-0.2, -0.15) is 0 Å². The summed E-state index contributed by atoms with van der Waals surface area (Å²) in [6, 6.07) is 9.51. The van der Waals surface area contributed by atoms with E-state index in [1.165, 1.54) is 0 Å². The average Bonchev–Trinajstić information content (AvgIpc) is 2.27. The van der Waals surface area contributed by atoms with Crippen molar-refractivity contribution in [2.24, 2.45) is 0 Å². The zero-order valence-corrected chi connectivity index (χ0v) is 9.31. The molecule has 0 aliphatic heterocycles. The number of carbonyl (C=O) groups is 1. The number of hydrogen-bond donors (Lipinski definition) is 0. The lowest BCUT2D eigenvalue weighted by Gasteiger charge is -2.11. The quantitative estimate of drug-likeness (QED) is 0.739. The van der Waals surface area contributed by atoms with Gasteiger partial charge in [0.15, 0.2) is 6.29 Å². The van der Waals surface area contributed by atoms with Crippen molar-refractivity contribution < 1.29 is 9.53 Å². The Hall–Kier alpha value is -1.90. The van der Waals surface area contributed by atoms with Crippen LogP contribution < -0.4 is 4.74 Å². The second-order valence-corrected chi connectivity index (χ2v) is 3.85. The molecule has 0 saturated heterocycles. The molecule has 1 heterocycles. The first-order chi connectivity index (χ1) is 7.70. The summed E-state index contributed by atoms with van der Waals surface area (Å²) in [5, 5.41) is 0.976. The molecule has 2 rings (SSSR count). The number of aldehydes is 1. The van der Waals surface area contributed by atoms with Crippen LogP contribution >= 0.6 is 0 Å². The van der Waals surface area contributed by atoms with Crippen LogP contribution in [0.1, 0.15) is 24.3 Å². The summed E-state index contributed by atoms with van der Waals surface area (Å²) in [6.45, 7) is 3.84. The van der Waals surface area contributed by atoms with E-state index in [1.54, 1.807) is 0 Å². The molecule has 0 aliphatic rings. The number of nitrogens with zero attached hydrogens (tertiary/aromatic N) is 1. The number of carbonyl (C=O) groups excluding carboxylic acids is 1. The molecule has 0 unspecified atom stereocenters. The fourth-order valence-corrected chi connectivity index (χ4v) is 1.54. The molecule has 0 fully saturated rings.